The Morgan fingerprint density at radius 2 is 1.00 bits per heavy atom. The topological polar surface area (TPSA) is 55.6 Å². The molecule has 11 rings (SSSR count). The van der Waals surface area contributed by atoms with Crippen LogP contribution in [0.15, 0.2) is 183 Å². The summed E-state index contributed by atoms with van der Waals surface area (Å²) in [7, 11) is 0. The summed E-state index contributed by atoms with van der Waals surface area (Å²) in [6.45, 7) is 0. The summed E-state index contributed by atoms with van der Waals surface area (Å²) in [6.07, 6.45) is 0. The highest BCUT2D eigenvalue weighted by Gasteiger charge is 2.20. The molecule has 52 heavy (non-hydrogen) atoms. The van der Waals surface area contributed by atoms with Crippen molar-refractivity contribution in [3.8, 4) is 22.6 Å². The van der Waals surface area contributed by atoms with Crippen molar-refractivity contribution in [2.45, 2.75) is 0 Å². The van der Waals surface area contributed by atoms with Gasteiger partial charge in [0.2, 0.25) is 5.89 Å². The van der Waals surface area contributed by atoms with Gasteiger partial charge in [-0.3, -0.25) is 0 Å². The minimum Gasteiger partial charge on any atom is -0.456 e. The highest BCUT2D eigenvalue weighted by Crippen LogP contribution is 2.43. The van der Waals surface area contributed by atoms with Crippen LogP contribution in [0.4, 0.5) is 17.1 Å². The summed E-state index contributed by atoms with van der Waals surface area (Å²) in [4.78, 5) is 7.19. The van der Waals surface area contributed by atoms with Gasteiger partial charge in [0, 0.05) is 56.3 Å². The molecule has 3 heterocycles. The molecule has 0 saturated heterocycles. The Labute approximate surface area is 297 Å². The van der Waals surface area contributed by atoms with E-state index < -0.39 is 0 Å². The first-order valence-corrected chi connectivity index (χ1v) is 17.4. The SMILES string of the molecule is c1ccc(-c2ccc(N(c3ccc4c(c3)oc3ccccc34)c3ccc4c(c3)oc3cccc(-c5nc6cc7ccccc7cc6o5)c34)cc2)cc1. The van der Waals surface area contributed by atoms with Gasteiger partial charge in [0.1, 0.15) is 27.8 Å². The summed E-state index contributed by atoms with van der Waals surface area (Å²) in [5, 5.41) is 6.42. The van der Waals surface area contributed by atoms with Gasteiger partial charge < -0.3 is 18.2 Å². The number of para-hydroxylation sites is 1. The number of furan rings is 2. The number of oxazole rings is 1. The number of benzene rings is 8. The zero-order valence-electron chi connectivity index (χ0n) is 27.8. The van der Waals surface area contributed by atoms with Gasteiger partial charge in [-0.15, -0.1) is 0 Å². The van der Waals surface area contributed by atoms with E-state index in [2.05, 4.69) is 126 Å². The highest BCUT2D eigenvalue weighted by molar-refractivity contribution is 6.13. The van der Waals surface area contributed by atoms with Gasteiger partial charge in [0.05, 0.1) is 0 Å². The lowest BCUT2D eigenvalue weighted by molar-refractivity contribution is 0.620. The van der Waals surface area contributed by atoms with Crippen molar-refractivity contribution < 1.29 is 13.3 Å². The smallest absolute Gasteiger partial charge is 0.228 e. The Morgan fingerprint density at radius 3 is 1.83 bits per heavy atom. The molecule has 0 amide bonds. The summed E-state index contributed by atoms with van der Waals surface area (Å²) in [6, 6.07) is 58.6. The van der Waals surface area contributed by atoms with E-state index in [-0.39, 0.29) is 0 Å². The number of aromatic nitrogens is 1. The molecule has 0 spiro atoms. The molecule has 0 aliphatic rings. The largest absolute Gasteiger partial charge is 0.456 e. The number of fused-ring (bicyclic) bond motifs is 8. The molecule has 244 valence electrons. The Hall–Kier alpha value is -7.11. The third-order valence-electron chi connectivity index (χ3n) is 10.1. The highest BCUT2D eigenvalue weighted by atomic mass is 16.4. The Kier molecular flexibility index (Phi) is 6.18. The summed E-state index contributed by atoms with van der Waals surface area (Å²) in [5.74, 6) is 0.571. The molecule has 5 nitrogen and oxygen atoms in total. The summed E-state index contributed by atoms with van der Waals surface area (Å²) in [5.41, 5.74) is 11.0. The lowest BCUT2D eigenvalue weighted by Gasteiger charge is -2.25. The molecule has 8 aromatic carbocycles. The van der Waals surface area contributed by atoms with Gasteiger partial charge in [-0.25, -0.2) is 4.98 Å². The fourth-order valence-corrected chi connectivity index (χ4v) is 7.59. The minimum absolute atomic E-state index is 0.571. The average molecular weight is 669 g/mol. The van der Waals surface area contributed by atoms with Crippen LogP contribution in [0.3, 0.4) is 0 Å². The van der Waals surface area contributed by atoms with E-state index >= 15 is 0 Å². The summed E-state index contributed by atoms with van der Waals surface area (Å²) >= 11 is 0. The van der Waals surface area contributed by atoms with Gasteiger partial charge in [-0.2, -0.15) is 0 Å². The number of anilines is 3. The van der Waals surface area contributed by atoms with Crippen LogP contribution in [0, 0.1) is 0 Å². The maximum Gasteiger partial charge on any atom is 0.228 e. The molecule has 0 unspecified atom stereocenters. The van der Waals surface area contributed by atoms with Gasteiger partial charge >= 0.3 is 0 Å². The van der Waals surface area contributed by atoms with Crippen molar-refractivity contribution in [2.75, 3.05) is 4.90 Å². The van der Waals surface area contributed by atoms with Crippen LogP contribution in [-0.2, 0) is 0 Å². The standard InChI is InChI=1S/C47H28N2O3/c1-2-9-29(10-3-1)30-17-19-33(20-18-30)49(34-21-23-37-36-13-6-7-15-41(36)50-43(37)27-34)35-22-24-38-44(28-35)51-42-16-8-14-39(46(38)42)47-48-40-25-31-11-4-5-12-32(31)26-45(40)52-47/h1-28H. The molecule has 0 saturated carbocycles. The van der Waals surface area contributed by atoms with Crippen molar-refractivity contribution >= 4 is 82.8 Å². The quantitative estimate of drug-likeness (QED) is 0.183. The predicted octanol–water partition coefficient (Wildman–Crippen LogP) is 13.6. The molecule has 3 aromatic heterocycles. The lowest BCUT2D eigenvalue weighted by atomic mass is 10.0. The molecule has 5 heteroatoms. The molecule has 0 aliphatic carbocycles. The van der Waals surface area contributed by atoms with E-state index in [1.54, 1.807) is 0 Å². The van der Waals surface area contributed by atoms with E-state index in [4.69, 9.17) is 18.2 Å². The van der Waals surface area contributed by atoms with Crippen molar-refractivity contribution in [3.05, 3.63) is 170 Å². The maximum absolute atomic E-state index is 6.59. The van der Waals surface area contributed by atoms with E-state index in [0.717, 1.165) is 93.9 Å². The molecule has 0 radical (unpaired) electrons. The third-order valence-corrected chi connectivity index (χ3v) is 10.1. The van der Waals surface area contributed by atoms with E-state index in [1.807, 2.05) is 48.5 Å². The fourth-order valence-electron chi connectivity index (χ4n) is 7.59. The Bertz CT molecular complexity index is 3080. The van der Waals surface area contributed by atoms with Crippen LogP contribution in [0.2, 0.25) is 0 Å². The first-order valence-electron chi connectivity index (χ1n) is 17.4. The zero-order chi connectivity index (χ0) is 34.2. The molecule has 0 bridgehead atoms. The van der Waals surface area contributed by atoms with Crippen LogP contribution in [-0.4, -0.2) is 4.98 Å². The van der Waals surface area contributed by atoms with Crippen LogP contribution in [0.1, 0.15) is 0 Å². The minimum atomic E-state index is 0.571. The number of hydrogen-bond acceptors (Lipinski definition) is 5. The molecule has 0 fully saturated rings. The van der Waals surface area contributed by atoms with Crippen LogP contribution in [0.25, 0.3) is 88.3 Å². The molecular formula is C47H28N2O3. The van der Waals surface area contributed by atoms with Gasteiger partial charge in [-0.05, 0) is 88.6 Å². The summed E-state index contributed by atoms with van der Waals surface area (Å²) < 4.78 is 19.3. The lowest BCUT2D eigenvalue weighted by Crippen LogP contribution is -2.09. The fraction of sp³-hybridized carbons (Fsp3) is 0. The monoisotopic (exact) mass is 668 g/mol. The number of rotatable bonds is 5. The van der Waals surface area contributed by atoms with Crippen LogP contribution >= 0.6 is 0 Å². The van der Waals surface area contributed by atoms with Crippen molar-refractivity contribution in [1.29, 1.82) is 0 Å². The molecule has 0 aliphatic heterocycles. The van der Waals surface area contributed by atoms with Gasteiger partial charge in [0.25, 0.3) is 0 Å². The third kappa shape index (κ3) is 4.53. The molecular weight excluding hydrogens is 641 g/mol. The van der Waals surface area contributed by atoms with Crippen LogP contribution < -0.4 is 4.90 Å². The predicted molar refractivity (Wildman–Crippen MR) is 212 cm³/mol. The van der Waals surface area contributed by atoms with Gasteiger partial charge in [0.15, 0.2) is 5.58 Å². The van der Waals surface area contributed by atoms with Crippen molar-refractivity contribution in [2.24, 2.45) is 0 Å². The molecule has 0 atom stereocenters. The van der Waals surface area contributed by atoms with Crippen molar-refractivity contribution in [1.82, 2.24) is 4.98 Å². The first kappa shape index (κ1) is 28.7. The van der Waals surface area contributed by atoms with Gasteiger partial charge in [-0.1, -0.05) is 91.0 Å². The van der Waals surface area contributed by atoms with E-state index in [1.165, 1.54) is 5.56 Å². The van der Waals surface area contributed by atoms with Crippen LogP contribution in [0.5, 0.6) is 0 Å². The molecule has 0 N–H and O–H groups in total. The normalized spacial score (nSPS) is 11.8. The second-order valence-electron chi connectivity index (χ2n) is 13.2. The Morgan fingerprint density at radius 1 is 0.385 bits per heavy atom. The van der Waals surface area contributed by atoms with E-state index in [9.17, 15) is 0 Å². The average Bonchev–Trinajstić information content (AvgIpc) is 3.90. The van der Waals surface area contributed by atoms with Crippen molar-refractivity contribution in [3.63, 3.8) is 0 Å². The second kappa shape index (κ2) is 11.2. The second-order valence-corrected chi connectivity index (χ2v) is 13.2. The molecule has 11 aromatic rings. The Balaban J connectivity index is 1.06. The first-order chi connectivity index (χ1) is 25.7. The zero-order valence-corrected chi connectivity index (χ0v) is 27.8. The maximum atomic E-state index is 6.59. The number of hydrogen-bond donors (Lipinski definition) is 0. The number of nitrogens with zero attached hydrogens (tertiary/aromatic N) is 2. The van der Waals surface area contributed by atoms with E-state index in [0.29, 0.717) is 5.89 Å².